The van der Waals surface area contributed by atoms with Crippen LogP contribution in [0.4, 0.5) is 21.0 Å². The maximum Gasteiger partial charge on any atom is 0.370 e. The normalized spacial score (nSPS) is 11.3. The van der Waals surface area contributed by atoms with Crippen LogP contribution >= 0.6 is 0 Å². The molecule has 0 fully saturated rings. The Morgan fingerprint density at radius 2 is 0.878 bits per heavy atom. The SMILES string of the molecule is CCCCCCOC(=O)[Si](C(=O)OCCCCCC)(c1ccc(N(CC)CC)cc1)c1ccc(N(CC)CC)cc1. The maximum atomic E-state index is 14.3. The molecule has 6 nitrogen and oxygen atoms in total. The van der Waals surface area contributed by atoms with Crippen molar-refractivity contribution in [2.24, 2.45) is 0 Å². The molecule has 0 radical (unpaired) electrons. The van der Waals surface area contributed by atoms with E-state index in [4.69, 9.17) is 9.47 Å². The van der Waals surface area contributed by atoms with Gasteiger partial charge in [-0.2, -0.15) is 0 Å². The Balaban J connectivity index is 2.62. The van der Waals surface area contributed by atoms with Gasteiger partial charge >= 0.3 is 8.07 Å². The summed E-state index contributed by atoms with van der Waals surface area (Å²) < 4.78 is 11.9. The van der Waals surface area contributed by atoms with E-state index >= 15 is 0 Å². The lowest BCUT2D eigenvalue weighted by atomic mass is 10.2. The zero-order chi connectivity index (χ0) is 30.1. The average molecular weight is 583 g/mol. The summed E-state index contributed by atoms with van der Waals surface area (Å²) >= 11 is 0. The summed E-state index contributed by atoms with van der Waals surface area (Å²) in [5.74, 6) is 0. The number of hydrogen-bond acceptors (Lipinski definition) is 6. The van der Waals surface area contributed by atoms with Crippen molar-refractivity contribution in [3.63, 3.8) is 0 Å². The van der Waals surface area contributed by atoms with Crippen LogP contribution in [-0.2, 0) is 9.47 Å². The van der Waals surface area contributed by atoms with Crippen LogP contribution in [0.3, 0.4) is 0 Å². The van der Waals surface area contributed by atoms with Crippen LogP contribution in [0.2, 0.25) is 0 Å². The lowest BCUT2D eigenvalue weighted by Gasteiger charge is -2.29. The maximum absolute atomic E-state index is 14.3. The Labute approximate surface area is 250 Å². The van der Waals surface area contributed by atoms with Crippen LogP contribution in [0.5, 0.6) is 0 Å². The fourth-order valence-corrected chi connectivity index (χ4v) is 8.76. The molecule has 0 saturated carbocycles. The van der Waals surface area contributed by atoms with E-state index in [1.54, 1.807) is 0 Å². The Hall–Kier alpha value is -2.80. The van der Waals surface area contributed by atoms with Gasteiger partial charge in [0.05, 0.1) is 13.2 Å². The van der Waals surface area contributed by atoms with E-state index < -0.39 is 19.3 Å². The largest absolute Gasteiger partial charge is 0.469 e. The van der Waals surface area contributed by atoms with Gasteiger partial charge in [0.15, 0.2) is 0 Å². The highest BCUT2D eigenvalue weighted by Crippen LogP contribution is 2.20. The number of benzene rings is 2. The van der Waals surface area contributed by atoms with Gasteiger partial charge in [-0.1, -0.05) is 76.6 Å². The predicted molar refractivity (Wildman–Crippen MR) is 176 cm³/mol. The first-order valence-corrected chi connectivity index (χ1v) is 18.0. The van der Waals surface area contributed by atoms with Gasteiger partial charge < -0.3 is 19.3 Å². The van der Waals surface area contributed by atoms with Crippen molar-refractivity contribution in [1.29, 1.82) is 0 Å². The summed E-state index contributed by atoms with van der Waals surface area (Å²) in [6.07, 6.45) is 7.98. The minimum atomic E-state index is -3.81. The first kappa shape index (κ1) is 34.4. The van der Waals surface area contributed by atoms with Crippen molar-refractivity contribution in [3.05, 3.63) is 48.5 Å². The summed E-state index contributed by atoms with van der Waals surface area (Å²) in [7, 11) is -3.81. The molecule has 2 rings (SSSR count). The zero-order valence-electron chi connectivity index (χ0n) is 26.5. The van der Waals surface area contributed by atoms with E-state index in [-0.39, 0.29) is 0 Å². The third-order valence-corrected chi connectivity index (χ3v) is 11.8. The molecule has 0 spiro atoms. The molecule has 0 amide bonds. The quantitative estimate of drug-likeness (QED) is 0.119. The minimum absolute atomic E-state index is 0.312. The second kappa shape index (κ2) is 18.6. The molecular weight excluding hydrogens is 528 g/mol. The first-order chi connectivity index (χ1) is 19.9. The van der Waals surface area contributed by atoms with Crippen molar-refractivity contribution >= 4 is 41.0 Å². The molecule has 0 aromatic heterocycles. The van der Waals surface area contributed by atoms with Gasteiger partial charge in [0, 0.05) is 37.6 Å². The number of hydrogen-bond donors (Lipinski definition) is 0. The van der Waals surface area contributed by atoms with E-state index in [0.717, 1.165) is 88.9 Å². The predicted octanol–water partition coefficient (Wildman–Crippen LogP) is 7.54. The van der Waals surface area contributed by atoms with Crippen LogP contribution in [0, 0.1) is 0 Å². The molecule has 0 bridgehead atoms. The first-order valence-electron chi connectivity index (χ1n) is 16.0. The summed E-state index contributed by atoms with van der Waals surface area (Å²) in [5.41, 5.74) is 1.27. The molecule has 0 aliphatic carbocycles. The van der Waals surface area contributed by atoms with E-state index in [1.165, 1.54) is 0 Å². The second-order valence-corrected chi connectivity index (χ2v) is 14.1. The number of unbranched alkanes of at least 4 members (excludes halogenated alkanes) is 6. The second-order valence-electron chi connectivity index (χ2n) is 10.6. The molecule has 0 saturated heterocycles. The molecule has 2 aromatic rings. The van der Waals surface area contributed by atoms with Gasteiger partial charge in [0.25, 0.3) is 11.2 Å². The fraction of sp³-hybridized carbons (Fsp3) is 0.588. The summed E-state index contributed by atoms with van der Waals surface area (Å²) in [6, 6.07) is 15.9. The summed E-state index contributed by atoms with van der Waals surface area (Å²) in [6.45, 7) is 17.0. The van der Waals surface area contributed by atoms with E-state index in [9.17, 15) is 9.59 Å². The van der Waals surface area contributed by atoms with Gasteiger partial charge in [-0.3, -0.25) is 9.59 Å². The van der Waals surface area contributed by atoms with Gasteiger partial charge in [-0.15, -0.1) is 0 Å². The standard InChI is InChI=1S/C34H54N2O4Si/c1-7-13-15-17-27-39-33(37)41(34(38)40-28-18-16-14-8-2,31-23-19-29(20-24-31)35(9-3)10-4)32-25-21-30(22-26-32)36(11-5)12-6/h19-26H,7-18,27-28H2,1-6H3. The number of nitrogens with zero attached hydrogens (tertiary/aromatic N) is 2. The highest BCUT2D eigenvalue weighted by atomic mass is 28.3. The lowest BCUT2D eigenvalue weighted by Crippen LogP contribution is -2.70. The number of carbonyl (C=O) groups is 2. The number of anilines is 2. The Morgan fingerprint density at radius 3 is 1.17 bits per heavy atom. The molecule has 228 valence electrons. The topological polar surface area (TPSA) is 59.1 Å². The molecule has 7 heteroatoms. The third kappa shape index (κ3) is 9.09. The van der Waals surface area contributed by atoms with Crippen LogP contribution in [-0.4, -0.2) is 58.7 Å². The van der Waals surface area contributed by atoms with Crippen LogP contribution in [0.25, 0.3) is 0 Å². The van der Waals surface area contributed by atoms with Crippen LogP contribution in [0.1, 0.15) is 92.9 Å². The van der Waals surface area contributed by atoms with Crippen molar-refractivity contribution in [1.82, 2.24) is 0 Å². The smallest absolute Gasteiger partial charge is 0.370 e. The molecular formula is C34H54N2O4Si. The monoisotopic (exact) mass is 582 g/mol. The molecule has 0 N–H and O–H groups in total. The molecule has 2 aromatic carbocycles. The van der Waals surface area contributed by atoms with Crippen LogP contribution < -0.4 is 20.2 Å². The van der Waals surface area contributed by atoms with Crippen molar-refractivity contribution in [3.8, 4) is 0 Å². The lowest BCUT2D eigenvalue weighted by molar-refractivity contribution is 0.159. The van der Waals surface area contributed by atoms with Crippen molar-refractivity contribution in [2.45, 2.75) is 92.9 Å². The molecule has 41 heavy (non-hydrogen) atoms. The highest BCUT2D eigenvalue weighted by Gasteiger charge is 2.57. The molecule has 0 atom stereocenters. The van der Waals surface area contributed by atoms with E-state index in [0.29, 0.717) is 23.6 Å². The Morgan fingerprint density at radius 1 is 0.537 bits per heavy atom. The van der Waals surface area contributed by atoms with Crippen LogP contribution in [0.15, 0.2) is 48.5 Å². The van der Waals surface area contributed by atoms with Gasteiger partial charge in [0.2, 0.25) is 0 Å². The van der Waals surface area contributed by atoms with Gasteiger partial charge in [-0.25, -0.2) is 0 Å². The fourth-order valence-electron chi connectivity index (χ4n) is 5.35. The van der Waals surface area contributed by atoms with Crippen molar-refractivity contribution < 1.29 is 19.1 Å². The Bertz CT molecular complexity index is 935. The summed E-state index contributed by atoms with van der Waals surface area (Å²) in [5, 5.41) is 1.42. The molecule has 0 aliphatic rings. The highest BCUT2D eigenvalue weighted by molar-refractivity contribution is 7.37. The number of rotatable bonds is 20. The number of carbonyl (C=O) groups excluding carboxylic acids is 2. The molecule has 0 heterocycles. The summed E-state index contributed by atoms with van der Waals surface area (Å²) in [4.78, 5) is 33.0. The Kier molecular flexibility index (Phi) is 15.6. The zero-order valence-corrected chi connectivity index (χ0v) is 27.5. The average Bonchev–Trinajstić information content (AvgIpc) is 3.00. The van der Waals surface area contributed by atoms with E-state index in [2.05, 4.69) is 51.3 Å². The van der Waals surface area contributed by atoms with Gasteiger partial charge in [0.1, 0.15) is 0 Å². The third-order valence-electron chi connectivity index (χ3n) is 7.93. The van der Waals surface area contributed by atoms with E-state index in [1.807, 2.05) is 48.5 Å². The minimum Gasteiger partial charge on any atom is -0.469 e. The molecule has 0 aliphatic heterocycles. The van der Waals surface area contributed by atoms with Gasteiger partial charge in [-0.05, 0) is 75.2 Å². The molecule has 0 unspecified atom stereocenters. The number of ether oxygens (including phenoxy) is 2. The van der Waals surface area contributed by atoms with Crippen molar-refractivity contribution in [2.75, 3.05) is 49.2 Å².